The van der Waals surface area contributed by atoms with Gasteiger partial charge in [0, 0.05) is 5.39 Å². The van der Waals surface area contributed by atoms with Crippen LogP contribution in [0.1, 0.15) is 5.56 Å². The molecule has 2 heteroatoms. The smallest absolute Gasteiger partial charge is 0.135 e. The third-order valence-corrected chi connectivity index (χ3v) is 2.67. The predicted molar refractivity (Wildman–Crippen MR) is 71.2 cm³/mol. The van der Waals surface area contributed by atoms with Gasteiger partial charge in [-0.25, -0.2) is 0 Å². The number of alkyl halides is 1. The molecule has 0 aromatic heterocycles. The summed E-state index contributed by atoms with van der Waals surface area (Å²) < 4.78 is 5.33. The van der Waals surface area contributed by atoms with Gasteiger partial charge in [-0.15, -0.1) is 0 Å². The maximum atomic E-state index is 5.33. The second kappa shape index (κ2) is 5.05. The topological polar surface area (TPSA) is 9.23 Å². The van der Waals surface area contributed by atoms with Crippen LogP contribution >= 0.6 is 15.9 Å². The maximum absolute atomic E-state index is 5.33. The van der Waals surface area contributed by atoms with E-state index in [-0.39, 0.29) is 0 Å². The van der Waals surface area contributed by atoms with Gasteiger partial charge in [-0.2, -0.15) is 0 Å². The van der Waals surface area contributed by atoms with E-state index in [0.717, 1.165) is 16.7 Å². The van der Waals surface area contributed by atoms with Crippen LogP contribution in [0, 0.1) is 11.8 Å². The summed E-state index contributed by atoms with van der Waals surface area (Å²) in [5, 5.41) is 2.98. The van der Waals surface area contributed by atoms with Crippen molar-refractivity contribution in [3.8, 4) is 17.6 Å². The number of ether oxygens (including phenoxy) is 1. The quantitative estimate of drug-likeness (QED) is 0.571. The van der Waals surface area contributed by atoms with Crippen molar-refractivity contribution in [1.82, 2.24) is 0 Å². The molecule has 0 N–H and O–H groups in total. The Kier molecular flexibility index (Phi) is 3.48. The van der Waals surface area contributed by atoms with E-state index in [2.05, 4.69) is 39.9 Å². The molecule has 0 spiro atoms. The van der Waals surface area contributed by atoms with Gasteiger partial charge in [-0.05, 0) is 11.5 Å². The number of methoxy groups -OCH3 is 1. The van der Waals surface area contributed by atoms with Gasteiger partial charge >= 0.3 is 0 Å². The molecule has 0 fully saturated rings. The van der Waals surface area contributed by atoms with Gasteiger partial charge in [0.1, 0.15) is 5.75 Å². The van der Waals surface area contributed by atoms with Gasteiger partial charge in [-0.1, -0.05) is 58.1 Å². The van der Waals surface area contributed by atoms with Crippen molar-refractivity contribution < 1.29 is 4.74 Å². The van der Waals surface area contributed by atoms with E-state index in [9.17, 15) is 0 Å². The van der Waals surface area contributed by atoms with E-state index in [1.165, 1.54) is 5.39 Å². The minimum absolute atomic E-state index is 0.666. The average molecular weight is 275 g/mol. The molecule has 16 heavy (non-hydrogen) atoms. The fourth-order valence-electron chi connectivity index (χ4n) is 1.67. The molecule has 0 bridgehead atoms. The Hall–Kier alpha value is -1.46. The summed E-state index contributed by atoms with van der Waals surface area (Å²) in [5.41, 5.74) is 0.958. The van der Waals surface area contributed by atoms with Gasteiger partial charge in [0.2, 0.25) is 0 Å². The SMILES string of the molecule is COc1ccc2ccccc2c1C#CCBr. The molecule has 0 aliphatic rings. The molecule has 0 saturated carbocycles. The summed E-state index contributed by atoms with van der Waals surface area (Å²) in [4.78, 5) is 0. The van der Waals surface area contributed by atoms with E-state index in [0.29, 0.717) is 5.33 Å². The first-order chi connectivity index (χ1) is 7.86. The van der Waals surface area contributed by atoms with Gasteiger partial charge in [0.25, 0.3) is 0 Å². The van der Waals surface area contributed by atoms with Crippen LogP contribution in [0.4, 0.5) is 0 Å². The second-order valence-corrected chi connectivity index (χ2v) is 3.86. The van der Waals surface area contributed by atoms with Gasteiger partial charge < -0.3 is 4.74 Å². The molecule has 0 aliphatic heterocycles. The first-order valence-electron chi connectivity index (χ1n) is 4.97. The van der Waals surface area contributed by atoms with Crippen molar-refractivity contribution in [3.05, 3.63) is 42.0 Å². The Bertz CT molecular complexity index is 564. The molecule has 0 heterocycles. The van der Waals surface area contributed by atoms with Crippen LogP contribution in [0.15, 0.2) is 36.4 Å². The average Bonchev–Trinajstić information content (AvgIpc) is 2.35. The van der Waals surface area contributed by atoms with Gasteiger partial charge in [0.05, 0.1) is 18.0 Å². The first-order valence-corrected chi connectivity index (χ1v) is 6.09. The summed E-state index contributed by atoms with van der Waals surface area (Å²) in [6.07, 6.45) is 0. The highest BCUT2D eigenvalue weighted by Gasteiger charge is 2.04. The lowest BCUT2D eigenvalue weighted by Crippen LogP contribution is -1.89. The molecular weight excluding hydrogens is 264 g/mol. The van der Waals surface area contributed by atoms with Crippen molar-refractivity contribution >= 4 is 26.7 Å². The zero-order valence-corrected chi connectivity index (χ0v) is 10.5. The summed E-state index contributed by atoms with van der Waals surface area (Å²) in [5.74, 6) is 6.98. The second-order valence-electron chi connectivity index (χ2n) is 3.30. The molecule has 0 amide bonds. The number of hydrogen-bond donors (Lipinski definition) is 0. The fraction of sp³-hybridized carbons (Fsp3) is 0.143. The fourth-order valence-corrected chi connectivity index (χ4v) is 1.81. The molecule has 0 atom stereocenters. The van der Waals surface area contributed by atoms with Crippen LogP contribution in [-0.4, -0.2) is 12.4 Å². The van der Waals surface area contributed by atoms with Crippen LogP contribution in [0.2, 0.25) is 0 Å². The Labute approximate surface area is 104 Å². The van der Waals surface area contributed by atoms with Crippen molar-refractivity contribution in [2.75, 3.05) is 12.4 Å². The standard InChI is InChI=1S/C14H11BrO/c1-16-14-9-8-11-5-2-3-6-12(11)13(14)7-4-10-15/h2-3,5-6,8-9H,10H2,1H3. The highest BCUT2D eigenvalue weighted by molar-refractivity contribution is 9.09. The lowest BCUT2D eigenvalue weighted by molar-refractivity contribution is 0.414. The third-order valence-electron chi connectivity index (χ3n) is 2.39. The molecule has 2 rings (SSSR count). The molecule has 0 aliphatic carbocycles. The molecule has 0 unspecified atom stereocenters. The van der Waals surface area contributed by atoms with E-state index < -0.39 is 0 Å². The van der Waals surface area contributed by atoms with Gasteiger partial charge in [0.15, 0.2) is 0 Å². The Morgan fingerprint density at radius 2 is 2.00 bits per heavy atom. The Balaban J connectivity index is 2.73. The maximum Gasteiger partial charge on any atom is 0.135 e. The number of hydrogen-bond acceptors (Lipinski definition) is 1. The highest BCUT2D eigenvalue weighted by Crippen LogP contribution is 2.26. The third kappa shape index (κ3) is 2.05. The number of benzene rings is 2. The minimum Gasteiger partial charge on any atom is -0.495 e. The molecule has 0 radical (unpaired) electrons. The van der Waals surface area contributed by atoms with Gasteiger partial charge in [-0.3, -0.25) is 0 Å². The van der Waals surface area contributed by atoms with Crippen LogP contribution in [0.5, 0.6) is 5.75 Å². The molecule has 80 valence electrons. The van der Waals surface area contributed by atoms with E-state index in [4.69, 9.17) is 4.74 Å². The number of halogens is 1. The minimum atomic E-state index is 0.666. The van der Waals surface area contributed by atoms with Crippen LogP contribution in [0.25, 0.3) is 10.8 Å². The zero-order chi connectivity index (χ0) is 11.4. The van der Waals surface area contributed by atoms with E-state index >= 15 is 0 Å². The summed E-state index contributed by atoms with van der Waals surface area (Å²) >= 11 is 3.30. The zero-order valence-electron chi connectivity index (χ0n) is 8.96. The largest absolute Gasteiger partial charge is 0.495 e. The molecule has 0 saturated heterocycles. The summed E-state index contributed by atoms with van der Waals surface area (Å²) in [7, 11) is 1.67. The monoisotopic (exact) mass is 274 g/mol. The molecule has 2 aromatic rings. The number of rotatable bonds is 1. The first kappa shape index (κ1) is 11.0. The molecule has 2 aromatic carbocycles. The highest BCUT2D eigenvalue weighted by atomic mass is 79.9. The van der Waals surface area contributed by atoms with Crippen LogP contribution < -0.4 is 4.74 Å². The van der Waals surface area contributed by atoms with Crippen molar-refractivity contribution in [1.29, 1.82) is 0 Å². The lowest BCUT2D eigenvalue weighted by atomic mass is 10.0. The molecular formula is C14H11BrO. The van der Waals surface area contributed by atoms with Crippen LogP contribution in [-0.2, 0) is 0 Å². The van der Waals surface area contributed by atoms with E-state index in [1.807, 2.05) is 24.3 Å². The molecule has 1 nitrogen and oxygen atoms in total. The Morgan fingerprint density at radius 1 is 1.19 bits per heavy atom. The van der Waals surface area contributed by atoms with Crippen molar-refractivity contribution in [3.63, 3.8) is 0 Å². The summed E-state index contributed by atoms with van der Waals surface area (Å²) in [6.45, 7) is 0. The van der Waals surface area contributed by atoms with E-state index in [1.54, 1.807) is 7.11 Å². The summed E-state index contributed by atoms with van der Waals surface area (Å²) in [6, 6.07) is 12.2. The Morgan fingerprint density at radius 3 is 2.75 bits per heavy atom. The lowest BCUT2D eigenvalue weighted by Gasteiger charge is -2.06. The number of fused-ring (bicyclic) bond motifs is 1. The van der Waals surface area contributed by atoms with Crippen molar-refractivity contribution in [2.45, 2.75) is 0 Å². The predicted octanol–water partition coefficient (Wildman–Crippen LogP) is 3.59. The van der Waals surface area contributed by atoms with Crippen molar-refractivity contribution in [2.24, 2.45) is 0 Å². The van der Waals surface area contributed by atoms with Crippen LogP contribution in [0.3, 0.4) is 0 Å². The normalized spacial score (nSPS) is 9.62.